The van der Waals surface area contributed by atoms with Gasteiger partial charge in [-0.2, -0.15) is 4.98 Å². The van der Waals surface area contributed by atoms with Crippen LogP contribution in [-0.4, -0.2) is 42.2 Å². The minimum Gasteiger partial charge on any atom is -0.481 e. The molecule has 2 rings (SSSR count). The van der Waals surface area contributed by atoms with Crippen molar-refractivity contribution < 1.29 is 14.3 Å². The number of nitrogens with two attached hydrogens (primary N) is 1. The van der Waals surface area contributed by atoms with Crippen molar-refractivity contribution in [2.75, 3.05) is 25.6 Å². The van der Waals surface area contributed by atoms with Gasteiger partial charge in [-0.25, -0.2) is 4.98 Å². The van der Waals surface area contributed by atoms with Gasteiger partial charge in [-0.05, 0) is 6.92 Å². The monoisotopic (exact) mass is 252 g/mol. The third-order valence-electron chi connectivity index (χ3n) is 2.74. The Morgan fingerprint density at radius 1 is 1.56 bits per heavy atom. The van der Waals surface area contributed by atoms with E-state index in [4.69, 9.17) is 15.2 Å². The Morgan fingerprint density at radius 2 is 2.33 bits per heavy atom. The molecule has 7 nitrogen and oxygen atoms in total. The number of nitrogens with one attached hydrogen (secondary N) is 1. The highest BCUT2D eigenvalue weighted by molar-refractivity contribution is 5.91. The number of carbonyl (C=O) groups excluding carboxylic acids is 1. The molecule has 0 spiro atoms. The van der Waals surface area contributed by atoms with Crippen LogP contribution in [0.3, 0.4) is 0 Å². The summed E-state index contributed by atoms with van der Waals surface area (Å²) in [6, 6.07) is 1.40. The minimum atomic E-state index is -0.361. The first-order valence-electron chi connectivity index (χ1n) is 5.64. The van der Waals surface area contributed by atoms with Crippen LogP contribution >= 0.6 is 0 Å². The molecule has 1 aromatic rings. The van der Waals surface area contributed by atoms with Crippen LogP contribution in [0.25, 0.3) is 0 Å². The Hall–Kier alpha value is -1.73. The van der Waals surface area contributed by atoms with Gasteiger partial charge in [-0.1, -0.05) is 0 Å². The summed E-state index contributed by atoms with van der Waals surface area (Å²) in [7, 11) is 1.51. The summed E-state index contributed by atoms with van der Waals surface area (Å²) in [6.45, 7) is 2.52. The summed E-state index contributed by atoms with van der Waals surface area (Å²) in [5.74, 6) is 0.0356. The number of aromatic nitrogens is 2. The Labute approximate surface area is 105 Å². The van der Waals surface area contributed by atoms with E-state index in [0.717, 1.165) is 0 Å². The second kappa shape index (κ2) is 5.28. The minimum absolute atomic E-state index is 0.218. The SMILES string of the molecule is COc1cc(C)nc(NC(=O)C2COCC2N)n1. The van der Waals surface area contributed by atoms with Gasteiger partial charge in [0.25, 0.3) is 0 Å². The van der Waals surface area contributed by atoms with E-state index in [2.05, 4.69) is 15.3 Å². The van der Waals surface area contributed by atoms with Crippen molar-refractivity contribution in [2.24, 2.45) is 11.7 Å². The standard InChI is InChI=1S/C11H16N4O3/c1-6-3-9(17-2)14-11(13-6)15-10(16)7-4-18-5-8(7)12/h3,7-8H,4-5,12H2,1-2H3,(H,13,14,15,16). The number of amides is 1. The number of hydrogen-bond donors (Lipinski definition) is 2. The lowest BCUT2D eigenvalue weighted by Crippen LogP contribution is -2.37. The molecule has 0 bridgehead atoms. The van der Waals surface area contributed by atoms with Crippen LogP contribution in [0.5, 0.6) is 5.88 Å². The molecule has 7 heteroatoms. The summed E-state index contributed by atoms with van der Waals surface area (Å²) in [4.78, 5) is 20.1. The predicted octanol–water partition coefficient (Wildman–Crippen LogP) is -0.294. The van der Waals surface area contributed by atoms with Gasteiger partial charge in [-0.15, -0.1) is 0 Å². The molecular formula is C11H16N4O3. The fraction of sp³-hybridized carbons (Fsp3) is 0.545. The Kier molecular flexibility index (Phi) is 3.73. The summed E-state index contributed by atoms with van der Waals surface area (Å²) in [5, 5.41) is 2.63. The molecule has 1 aliphatic heterocycles. The molecular weight excluding hydrogens is 236 g/mol. The third-order valence-corrected chi connectivity index (χ3v) is 2.74. The number of aryl methyl sites for hydroxylation is 1. The first-order valence-corrected chi connectivity index (χ1v) is 5.64. The van der Waals surface area contributed by atoms with Gasteiger partial charge in [0.05, 0.1) is 26.2 Å². The number of rotatable bonds is 3. The topological polar surface area (TPSA) is 99.4 Å². The zero-order valence-corrected chi connectivity index (χ0v) is 10.3. The molecule has 1 amide bonds. The maximum atomic E-state index is 11.9. The van der Waals surface area contributed by atoms with E-state index >= 15 is 0 Å². The van der Waals surface area contributed by atoms with Gasteiger partial charge in [0.2, 0.25) is 17.7 Å². The van der Waals surface area contributed by atoms with E-state index in [-0.39, 0.29) is 23.8 Å². The summed E-state index contributed by atoms with van der Waals surface area (Å²) in [6.07, 6.45) is 0. The van der Waals surface area contributed by atoms with Crippen LogP contribution in [0.15, 0.2) is 6.07 Å². The molecule has 1 fully saturated rings. The lowest BCUT2D eigenvalue weighted by atomic mass is 10.0. The van der Waals surface area contributed by atoms with Crippen LogP contribution in [-0.2, 0) is 9.53 Å². The fourth-order valence-electron chi connectivity index (χ4n) is 1.74. The molecule has 0 saturated carbocycles. The first kappa shape index (κ1) is 12.7. The van der Waals surface area contributed by atoms with Crippen molar-refractivity contribution in [3.63, 3.8) is 0 Å². The van der Waals surface area contributed by atoms with Gasteiger partial charge in [0, 0.05) is 17.8 Å². The molecule has 2 unspecified atom stereocenters. The molecule has 0 radical (unpaired) electrons. The highest BCUT2D eigenvalue weighted by atomic mass is 16.5. The molecule has 1 aliphatic rings. The number of carbonyl (C=O) groups is 1. The van der Waals surface area contributed by atoms with Crippen LogP contribution < -0.4 is 15.8 Å². The van der Waals surface area contributed by atoms with Crippen molar-refractivity contribution in [3.8, 4) is 5.88 Å². The number of methoxy groups -OCH3 is 1. The maximum absolute atomic E-state index is 11.9. The quantitative estimate of drug-likeness (QED) is 0.766. The van der Waals surface area contributed by atoms with E-state index < -0.39 is 0 Å². The number of nitrogens with zero attached hydrogens (tertiary/aromatic N) is 2. The van der Waals surface area contributed by atoms with Crippen molar-refractivity contribution in [2.45, 2.75) is 13.0 Å². The number of ether oxygens (including phenoxy) is 2. The Morgan fingerprint density at radius 3 is 2.94 bits per heavy atom. The van der Waals surface area contributed by atoms with E-state index in [1.54, 1.807) is 13.0 Å². The number of hydrogen-bond acceptors (Lipinski definition) is 6. The Balaban J connectivity index is 2.09. The van der Waals surface area contributed by atoms with E-state index in [0.29, 0.717) is 24.8 Å². The Bertz CT molecular complexity index is 452. The average molecular weight is 252 g/mol. The molecule has 2 heterocycles. The van der Waals surface area contributed by atoms with Gasteiger partial charge in [-0.3, -0.25) is 10.1 Å². The molecule has 0 aliphatic carbocycles. The predicted molar refractivity (Wildman–Crippen MR) is 64.2 cm³/mol. The van der Waals surface area contributed by atoms with Crippen molar-refractivity contribution in [3.05, 3.63) is 11.8 Å². The molecule has 1 saturated heterocycles. The average Bonchev–Trinajstić information content (AvgIpc) is 2.74. The molecule has 18 heavy (non-hydrogen) atoms. The van der Waals surface area contributed by atoms with Crippen molar-refractivity contribution in [1.82, 2.24) is 9.97 Å². The maximum Gasteiger partial charge on any atom is 0.233 e. The second-order valence-electron chi connectivity index (χ2n) is 4.17. The summed E-state index contributed by atoms with van der Waals surface area (Å²) >= 11 is 0. The number of anilines is 1. The summed E-state index contributed by atoms with van der Waals surface area (Å²) in [5.41, 5.74) is 6.48. The molecule has 2 atom stereocenters. The highest BCUT2D eigenvalue weighted by Crippen LogP contribution is 2.15. The smallest absolute Gasteiger partial charge is 0.233 e. The molecule has 98 valence electrons. The lowest BCUT2D eigenvalue weighted by molar-refractivity contribution is -0.120. The van der Waals surface area contributed by atoms with Gasteiger partial charge < -0.3 is 15.2 Å². The van der Waals surface area contributed by atoms with E-state index in [1.165, 1.54) is 7.11 Å². The molecule has 1 aromatic heterocycles. The van der Waals surface area contributed by atoms with E-state index in [9.17, 15) is 4.79 Å². The van der Waals surface area contributed by atoms with Crippen LogP contribution in [0.4, 0.5) is 5.95 Å². The highest BCUT2D eigenvalue weighted by Gasteiger charge is 2.31. The zero-order valence-electron chi connectivity index (χ0n) is 10.3. The third kappa shape index (κ3) is 2.74. The summed E-state index contributed by atoms with van der Waals surface area (Å²) < 4.78 is 10.2. The van der Waals surface area contributed by atoms with Gasteiger partial charge in [0.1, 0.15) is 0 Å². The van der Waals surface area contributed by atoms with Crippen LogP contribution in [0, 0.1) is 12.8 Å². The molecule has 3 N–H and O–H groups in total. The lowest BCUT2D eigenvalue weighted by Gasteiger charge is -2.12. The molecule has 0 aromatic carbocycles. The first-order chi connectivity index (χ1) is 8.60. The largest absolute Gasteiger partial charge is 0.481 e. The van der Waals surface area contributed by atoms with Crippen LogP contribution in [0.2, 0.25) is 0 Å². The van der Waals surface area contributed by atoms with Gasteiger partial charge in [0.15, 0.2) is 0 Å². The normalized spacial score (nSPS) is 22.8. The van der Waals surface area contributed by atoms with Crippen LogP contribution in [0.1, 0.15) is 5.69 Å². The van der Waals surface area contributed by atoms with Crippen molar-refractivity contribution in [1.29, 1.82) is 0 Å². The zero-order chi connectivity index (χ0) is 13.1. The fourth-order valence-corrected chi connectivity index (χ4v) is 1.74. The van der Waals surface area contributed by atoms with Crippen molar-refractivity contribution >= 4 is 11.9 Å². The van der Waals surface area contributed by atoms with E-state index in [1.807, 2.05) is 0 Å². The van der Waals surface area contributed by atoms with Gasteiger partial charge >= 0.3 is 0 Å². The second-order valence-corrected chi connectivity index (χ2v) is 4.17.